The van der Waals surface area contributed by atoms with Gasteiger partial charge in [0.15, 0.2) is 0 Å². The molecule has 1 aromatic heterocycles. The van der Waals surface area contributed by atoms with Gasteiger partial charge in [-0.3, -0.25) is 0 Å². The van der Waals surface area contributed by atoms with Crippen LogP contribution >= 0.6 is 0 Å². The Hall–Kier alpha value is -2.60. The Kier molecular flexibility index (Phi) is 5.85. The van der Waals surface area contributed by atoms with Crippen molar-refractivity contribution in [3.05, 3.63) is 48.7 Å². The average Bonchev–Trinajstić information content (AvgIpc) is 3.11. The summed E-state index contributed by atoms with van der Waals surface area (Å²) in [5.74, 6) is 1.21. The molecule has 0 saturated carbocycles. The number of urea groups is 1. The van der Waals surface area contributed by atoms with E-state index in [1.165, 1.54) is 0 Å². The molecule has 1 aliphatic heterocycles. The lowest BCUT2D eigenvalue weighted by molar-refractivity contribution is 0.0970. The Labute approximate surface area is 147 Å². The lowest BCUT2D eigenvalue weighted by Gasteiger charge is -2.24. The molecule has 1 N–H and O–H groups in total. The van der Waals surface area contributed by atoms with Gasteiger partial charge in [-0.15, -0.1) is 0 Å². The van der Waals surface area contributed by atoms with Gasteiger partial charge >= 0.3 is 6.03 Å². The minimum atomic E-state index is -0.110. The number of hydrogen-bond donors (Lipinski definition) is 1. The molecule has 3 rings (SSSR count). The number of para-hydroxylation sites is 1. The molecule has 1 atom stereocenters. The Morgan fingerprint density at radius 3 is 2.84 bits per heavy atom. The van der Waals surface area contributed by atoms with Gasteiger partial charge in [0.25, 0.3) is 0 Å². The summed E-state index contributed by atoms with van der Waals surface area (Å²) in [7, 11) is 0. The first-order chi connectivity index (χ1) is 12.3. The zero-order valence-corrected chi connectivity index (χ0v) is 14.4. The van der Waals surface area contributed by atoms with Gasteiger partial charge in [-0.1, -0.05) is 18.2 Å². The average molecular weight is 341 g/mol. The Morgan fingerprint density at radius 2 is 2.12 bits per heavy atom. The van der Waals surface area contributed by atoms with E-state index in [9.17, 15) is 4.79 Å². The number of anilines is 1. The number of pyridine rings is 1. The standard InChI is InChI=1S/C19H23N3O3/c1-2-24-14-16-7-6-12-22(16)19(23)21-15-10-11-18(20-13-15)25-17-8-4-3-5-9-17/h3-5,8-11,13,16H,2,6-7,12,14H2,1H3,(H,21,23)/t16-/m0/s1. The molecule has 25 heavy (non-hydrogen) atoms. The smallest absolute Gasteiger partial charge is 0.322 e. The number of carbonyl (C=O) groups excluding carboxylic acids is 1. The number of nitrogens with zero attached hydrogens (tertiary/aromatic N) is 2. The van der Waals surface area contributed by atoms with E-state index in [1.54, 1.807) is 18.3 Å². The molecule has 2 heterocycles. The van der Waals surface area contributed by atoms with Crippen molar-refractivity contribution >= 4 is 11.7 Å². The molecule has 2 amide bonds. The summed E-state index contributed by atoms with van der Waals surface area (Å²) < 4.78 is 11.1. The first-order valence-electron chi connectivity index (χ1n) is 8.60. The monoisotopic (exact) mass is 341 g/mol. The van der Waals surface area contributed by atoms with Crippen molar-refractivity contribution in [1.82, 2.24) is 9.88 Å². The highest BCUT2D eigenvalue weighted by atomic mass is 16.5. The second-order valence-electron chi connectivity index (χ2n) is 5.88. The van der Waals surface area contributed by atoms with Gasteiger partial charge < -0.3 is 19.7 Å². The van der Waals surface area contributed by atoms with Crippen molar-refractivity contribution in [2.75, 3.05) is 25.1 Å². The summed E-state index contributed by atoms with van der Waals surface area (Å²) in [6, 6.07) is 13.0. The third kappa shape index (κ3) is 4.70. The number of ether oxygens (including phenoxy) is 2. The van der Waals surface area contributed by atoms with Crippen LogP contribution in [0.2, 0.25) is 0 Å². The van der Waals surface area contributed by atoms with E-state index < -0.39 is 0 Å². The first kappa shape index (κ1) is 17.2. The predicted molar refractivity (Wildman–Crippen MR) is 96.0 cm³/mol. The molecule has 1 aliphatic rings. The van der Waals surface area contributed by atoms with Crippen molar-refractivity contribution in [2.24, 2.45) is 0 Å². The van der Waals surface area contributed by atoms with Crippen molar-refractivity contribution in [2.45, 2.75) is 25.8 Å². The Morgan fingerprint density at radius 1 is 1.28 bits per heavy atom. The molecule has 0 spiro atoms. The maximum atomic E-state index is 12.5. The quantitative estimate of drug-likeness (QED) is 0.865. The van der Waals surface area contributed by atoms with Crippen LogP contribution in [0.5, 0.6) is 11.6 Å². The minimum Gasteiger partial charge on any atom is -0.439 e. The summed E-state index contributed by atoms with van der Waals surface area (Å²) in [5.41, 5.74) is 0.646. The lowest BCUT2D eigenvalue weighted by Crippen LogP contribution is -2.41. The molecular formula is C19H23N3O3. The normalized spacial score (nSPS) is 16.7. The molecule has 6 heteroatoms. The molecule has 0 aliphatic carbocycles. The zero-order chi connectivity index (χ0) is 17.5. The number of nitrogens with one attached hydrogen (secondary N) is 1. The van der Waals surface area contributed by atoms with Crippen LogP contribution in [0.4, 0.5) is 10.5 Å². The summed E-state index contributed by atoms with van der Waals surface area (Å²) in [6.45, 7) is 3.97. The molecule has 1 aromatic carbocycles. The van der Waals surface area contributed by atoms with E-state index >= 15 is 0 Å². The van der Waals surface area contributed by atoms with Crippen LogP contribution in [-0.2, 0) is 4.74 Å². The minimum absolute atomic E-state index is 0.110. The number of benzene rings is 1. The maximum absolute atomic E-state index is 12.5. The van der Waals surface area contributed by atoms with Crippen LogP contribution in [0.25, 0.3) is 0 Å². The van der Waals surface area contributed by atoms with Gasteiger partial charge in [0.2, 0.25) is 5.88 Å². The fourth-order valence-corrected chi connectivity index (χ4v) is 2.85. The molecule has 132 valence electrons. The van der Waals surface area contributed by atoms with Gasteiger partial charge in [0, 0.05) is 19.2 Å². The van der Waals surface area contributed by atoms with Gasteiger partial charge in [0.05, 0.1) is 24.5 Å². The lowest BCUT2D eigenvalue weighted by atomic mass is 10.2. The Balaban J connectivity index is 1.56. The van der Waals surface area contributed by atoms with Crippen molar-refractivity contribution < 1.29 is 14.3 Å². The molecule has 1 fully saturated rings. The van der Waals surface area contributed by atoms with Crippen LogP contribution in [0.1, 0.15) is 19.8 Å². The SMILES string of the molecule is CCOC[C@@H]1CCCN1C(=O)Nc1ccc(Oc2ccccc2)nc1. The number of carbonyl (C=O) groups is 1. The highest BCUT2D eigenvalue weighted by molar-refractivity contribution is 5.89. The van der Waals surface area contributed by atoms with Crippen LogP contribution in [-0.4, -0.2) is 41.7 Å². The molecule has 0 bridgehead atoms. The Bertz CT molecular complexity index is 676. The fraction of sp³-hybridized carbons (Fsp3) is 0.368. The second kappa shape index (κ2) is 8.48. The number of likely N-dealkylation sites (tertiary alicyclic amines) is 1. The zero-order valence-electron chi connectivity index (χ0n) is 14.4. The van der Waals surface area contributed by atoms with Crippen LogP contribution < -0.4 is 10.1 Å². The van der Waals surface area contributed by atoms with E-state index in [0.29, 0.717) is 24.8 Å². The second-order valence-corrected chi connectivity index (χ2v) is 5.88. The highest BCUT2D eigenvalue weighted by Gasteiger charge is 2.28. The van der Waals surface area contributed by atoms with Crippen molar-refractivity contribution in [1.29, 1.82) is 0 Å². The number of hydrogen-bond acceptors (Lipinski definition) is 4. The summed E-state index contributed by atoms with van der Waals surface area (Å²) in [4.78, 5) is 18.5. The molecule has 6 nitrogen and oxygen atoms in total. The number of aromatic nitrogens is 1. The van der Waals surface area contributed by atoms with Crippen LogP contribution in [0.15, 0.2) is 48.7 Å². The maximum Gasteiger partial charge on any atom is 0.322 e. The molecule has 0 radical (unpaired) electrons. The van der Waals surface area contributed by atoms with E-state index in [4.69, 9.17) is 9.47 Å². The largest absolute Gasteiger partial charge is 0.439 e. The van der Waals surface area contributed by atoms with Gasteiger partial charge in [-0.05, 0) is 38.0 Å². The van der Waals surface area contributed by atoms with Crippen molar-refractivity contribution in [3.63, 3.8) is 0 Å². The van der Waals surface area contributed by atoms with E-state index in [-0.39, 0.29) is 12.1 Å². The fourth-order valence-electron chi connectivity index (χ4n) is 2.85. The van der Waals surface area contributed by atoms with Crippen LogP contribution in [0, 0.1) is 0 Å². The van der Waals surface area contributed by atoms with Crippen molar-refractivity contribution in [3.8, 4) is 11.6 Å². The molecular weight excluding hydrogens is 318 g/mol. The van der Waals surface area contributed by atoms with Gasteiger partial charge in [0.1, 0.15) is 5.75 Å². The van der Waals surface area contributed by atoms with E-state index in [0.717, 1.165) is 25.1 Å². The third-order valence-electron chi connectivity index (χ3n) is 4.11. The van der Waals surface area contributed by atoms with E-state index in [2.05, 4.69) is 10.3 Å². The topological polar surface area (TPSA) is 63.7 Å². The summed E-state index contributed by atoms with van der Waals surface area (Å²) >= 11 is 0. The first-order valence-corrected chi connectivity index (χ1v) is 8.60. The third-order valence-corrected chi connectivity index (χ3v) is 4.11. The molecule has 1 saturated heterocycles. The summed E-state index contributed by atoms with van der Waals surface area (Å²) in [6.07, 6.45) is 3.59. The highest BCUT2D eigenvalue weighted by Crippen LogP contribution is 2.22. The van der Waals surface area contributed by atoms with E-state index in [1.807, 2.05) is 42.2 Å². The molecule has 0 unspecified atom stereocenters. The van der Waals surface area contributed by atoms with Crippen LogP contribution in [0.3, 0.4) is 0 Å². The predicted octanol–water partition coefficient (Wildman–Crippen LogP) is 3.91. The number of amides is 2. The summed E-state index contributed by atoms with van der Waals surface area (Å²) in [5, 5.41) is 2.89. The van der Waals surface area contributed by atoms with Gasteiger partial charge in [-0.2, -0.15) is 0 Å². The van der Waals surface area contributed by atoms with Gasteiger partial charge in [-0.25, -0.2) is 9.78 Å². The molecule has 2 aromatic rings. The number of rotatable bonds is 6.